The summed E-state index contributed by atoms with van der Waals surface area (Å²) in [4.78, 5) is 8.86. The Labute approximate surface area is 147 Å². The molecule has 1 aromatic carbocycles. The lowest BCUT2D eigenvalue weighted by molar-refractivity contribution is 0.0858. The Balaban J connectivity index is 1.54. The fraction of sp³-hybridized carbons (Fsp3) is 0.421. The molecule has 0 aliphatic carbocycles. The van der Waals surface area contributed by atoms with E-state index in [1.54, 1.807) is 6.33 Å². The molecule has 6 heteroatoms. The summed E-state index contributed by atoms with van der Waals surface area (Å²) in [5.41, 5.74) is 3.33. The SMILES string of the molecule is CCn1nccc1[C@@H]1OCC[C@H]1CNc1ncnc2c(C)cccc12. The van der Waals surface area contributed by atoms with E-state index in [4.69, 9.17) is 4.74 Å². The smallest absolute Gasteiger partial charge is 0.137 e. The normalized spacial score (nSPS) is 20.2. The molecule has 25 heavy (non-hydrogen) atoms. The molecule has 130 valence electrons. The third-order valence-electron chi connectivity index (χ3n) is 4.95. The Morgan fingerprint density at radius 2 is 2.20 bits per heavy atom. The minimum absolute atomic E-state index is 0.0878. The van der Waals surface area contributed by atoms with Crippen LogP contribution in [0.2, 0.25) is 0 Å². The van der Waals surface area contributed by atoms with Crippen LogP contribution in [0.1, 0.15) is 30.7 Å². The summed E-state index contributed by atoms with van der Waals surface area (Å²) < 4.78 is 8.03. The molecule has 1 saturated heterocycles. The van der Waals surface area contributed by atoms with Crippen LogP contribution < -0.4 is 5.32 Å². The van der Waals surface area contributed by atoms with Crippen LogP contribution in [0.3, 0.4) is 0 Å². The number of rotatable bonds is 5. The highest BCUT2D eigenvalue weighted by Gasteiger charge is 2.31. The van der Waals surface area contributed by atoms with Gasteiger partial charge in [0, 0.05) is 37.2 Å². The molecule has 0 bridgehead atoms. The quantitative estimate of drug-likeness (QED) is 0.773. The van der Waals surface area contributed by atoms with Crippen molar-refractivity contribution in [3.05, 3.63) is 48.0 Å². The van der Waals surface area contributed by atoms with E-state index in [1.807, 2.05) is 16.9 Å². The zero-order valence-corrected chi connectivity index (χ0v) is 14.6. The van der Waals surface area contributed by atoms with Gasteiger partial charge >= 0.3 is 0 Å². The van der Waals surface area contributed by atoms with E-state index >= 15 is 0 Å². The maximum atomic E-state index is 6.01. The van der Waals surface area contributed by atoms with Crippen molar-refractivity contribution in [2.45, 2.75) is 32.9 Å². The van der Waals surface area contributed by atoms with Crippen molar-refractivity contribution in [3.8, 4) is 0 Å². The number of nitrogens with zero attached hydrogens (tertiary/aromatic N) is 4. The van der Waals surface area contributed by atoms with Crippen molar-refractivity contribution in [1.82, 2.24) is 19.7 Å². The molecule has 2 atom stereocenters. The van der Waals surface area contributed by atoms with Gasteiger partial charge in [0.15, 0.2) is 0 Å². The Hall–Kier alpha value is -2.47. The van der Waals surface area contributed by atoms with Crippen molar-refractivity contribution < 1.29 is 4.74 Å². The molecule has 1 fully saturated rings. The Bertz CT molecular complexity index is 875. The van der Waals surface area contributed by atoms with Crippen LogP contribution in [0.25, 0.3) is 10.9 Å². The van der Waals surface area contributed by atoms with Gasteiger partial charge in [-0.05, 0) is 38.0 Å². The van der Waals surface area contributed by atoms with Gasteiger partial charge in [0.25, 0.3) is 0 Å². The van der Waals surface area contributed by atoms with Gasteiger partial charge in [0.1, 0.15) is 18.2 Å². The van der Waals surface area contributed by atoms with Crippen molar-refractivity contribution in [2.75, 3.05) is 18.5 Å². The van der Waals surface area contributed by atoms with Gasteiger partial charge in [-0.15, -0.1) is 0 Å². The zero-order chi connectivity index (χ0) is 17.2. The molecule has 1 aliphatic rings. The maximum Gasteiger partial charge on any atom is 0.137 e. The summed E-state index contributed by atoms with van der Waals surface area (Å²) in [5, 5.41) is 8.97. The number of ether oxygens (including phenoxy) is 1. The van der Waals surface area contributed by atoms with Gasteiger partial charge in [-0.1, -0.05) is 12.1 Å². The van der Waals surface area contributed by atoms with Crippen LogP contribution >= 0.6 is 0 Å². The average molecular weight is 337 g/mol. The standard InChI is InChI=1S/C19H23N5O/c1-3-24-16(7-9-23-24)18-14(8-10-25-18)11-20-19-15-6-4-5-13(2)17(15)21-12-22-19/h4-7,9,12,14,18H,3,8,10-11H2,1-2H3,(H,20,21,22)/t14-,18+/m0/s1. The molecule has 3 aromatic rings. The predicted octanol–water partition coefficient (Wildman–Crippen LogP) is 3.34. The maximum absolute atomic E-state index is 6.01. The van der Waals surface area contributed by atoms with Gasteiger partial charge in [-0.25, -0.2) is 9.97 Å². The van der Waals surface area contributed by atoms with Crippen LogP contribution in [0.15, 0.2) is 36.8 Å². The highest BCUT2D eigenvalue weighted by molar-refractivity contribution is 5.90. The summed E-state index contributed by atoms with van der Waals surface area (Å²) in [6, 6.07) is 8.26. The fourth-order valence-electron chi connectivity index (χ4n) is 3.62. The lowest BCUT2D eigenvalue weighted by atomic mass is 9.98. The minimum atomic E-state index is 0.0878. The van der Waals surface area contributed by atoms with E-state index in [0.717, 1.165) is 54.1 Å². The molecule has 4 rings (SSSR count). The lowest BCUT2D eigenvalue weighted by Crippen LogP contribution is -2.21. The first-order valence-corrected chi connectivity index (χ1v) is 8.85. The first kappa shape index (κ1) is 16.0. The monoisotopic (exact) mass is 337 g/mol. The summed E-state index contributed by atoms with van der Waals surface area (Å²) in [6.45, 7) is 6.65. The number of aryl methyl sites for hydroxylation is 2. The van der Waals surface area contributed by atoms with Crippen molar-refractivity contribution in [1.29, 1.82) is 0 Å². The molecule has 3 heterocycles. The van der Waals surface area contributed by atoms with Crippen molar-refractivity contribution in [3.63, 3.8) is 0 Å². The molecule has 0 unspecified atom stereocenters. The molecule has 1 aliphatic heterocycles. The zero-order valence-electron chi connectivity index (χ0n) is 14.6. The van der Waals surface area contributed by atoms with E-state index < -0.39 is 0 Å². The molecular formula is C19H23N5O. The molecule has 0 radical (unpaired) electrons. The van der Waals surface area contributed by atoms with Gasteiger partial charge in [-0.3, -0.25) is 4.68 Å². The Kier molecular flexibility index (Phi) is 4.36. The second kappa shape index (κ2) is 6.80. The molecule has 1 N–H and O–H groups in total. The first-order valence-electron chi connectivity index (χ1n) is 8.85. The van der Waals surface area contributed by atoms with E-state index in [2.05, 4.69) is 52.4 Å². The van der Waals surface area contributed by atoms with Crippen LogP contribution in [0, 0.1) is 12.8 Å². The molecule has 2 aromatic heterocycles. The molecular weight excluding hydrogens is 314 g/mol. The highest BCUT2D eigenvalue weighted by Crippen LogP contribution is 2.35. The number of hydrogen-bond acceptors (Lipinski definition) is 5. The minimum Gasteiger partial charge on any atom is -0.372 e. The summed E-state index contributed by atoms with van der Waals surface area (Å²) in [7, 11) is 0. The molecule has 6 nitrogen and oxygen atoms in total. The van der Waals surface area contributed by atoms with Crippen LogP contribution in [0.4, 0.5) is 5.82 Å². The predicted molar refractivity (Wildman–Crippen MR) is 97.5 cm³/mol. The molecule has 0 saturated carbocycles. The summed E-state index contributed by atoms with van der Waals surface area (Å²) >= 11 is 0. The number of para-hydroxylation sites is 1. The van der Waals surface area contributed by atoms with Crippen LogP contribution in [-0.4, -0.2) is 32.9 Å². The second-order valence-corrected chi connectivity index (χ2v) is 6.49. The third-order valence-corrected chi connectivity index (χ3v) is 4.95. The number of nitrogens with one attached hydrogen (secondary N) is 1. The third kappa shape index (κ3) is 2.98. The van der Waals surface area contributed by atoms with Gasteiger partial charge in [-0.2, -0.15) is 5.10 Å². The van der Waals surface area contributed by atoms with Gasteiger partial charge in [0.2, 0.25) is 0 Å². The topological polar surface area (TPSA) is 64.9 Å². The van der Waals surface area contributed by atoms with E-state index in [9.17, 15) is 0 Å². The van der Waals surface area contributed by atoms with E-state index in [-0.39, 0.29) is 6.10 Å². The fourth-order valence-corrected chi connectivity index (χ4v) is 3.62. The Morgan fingerprint density at radius 3 is 3.08 bits per heavy atom. The summed E-state index contributed by atoms with van der Waals surface area (Å²) in [6.07, 6.45) is 4.61. The lowest BCUT2D eigenvalue weighted by Gasteiger charge is -2.20. The van der Waals surface area contributed by atoms with Crippen molar-refractivity contribution >= 4 is 16.7 Å². The number of anilines is 1. The molecule has 0 amide bonds. The van der Waals surface area contributed by atoms with Crippen LogP contribution in [0.5, 0.6) is 0 Å². The van der Waals surface area contributed by atoms with E-state index in [0.29, 0.717) is 5.92 Å². The summed E-state index contributed by atoms with van der Waals surface area (Å²) in [5.74, 6) is 1.29. The number of fused-ring (bicyclic) bond motifs is 1. The van der Waals surface area contributed by atoms with Crippen molar-refractivity contribution in [2.24, 2.45) is 5.92 Å². The van der Waals surface area contributed by atoms with E-state index in [1.165, 1.54) is 0 Å². The Morgan fingerprint density at radius 1 is 1.28 bits per heavy atom. The number of hydrogen-bond donors (Lipinski definition) is 1. The second-order valence-electron chi connectivity index (χ2n) is 6.49. The number of aromatic nitrogens is 4. The average Bonchev–Trinajstić information content (AvgIpc) is 3.28. The molecule has 0 spiro atoms. The largest absolute Gasteiger partial charge is 0.372 e. The number of benzene rings is 1. The van der Waals surface area contributed by atoms with Gasteiger partial charge < -0.3 is 10.1 Å². The van der Waals surface area contributed by atoms with Gasteiger partial charge in [0.05, 0.1) is 11.2 Å². The highest BCUT2D eigenvalue weighted by atomic mass is 16.5. The van der Waals surface area contributed by atoms with Crippen LogP contribution in [-0.2, 0) is 11.3 Å². The first-order chi connectivity index (χ1) is 12.3.